The standard InChI is InChI=1S/C29H34N6O/c1-33-14-5-9-25(33)20-36-29-31-27-19-35(24-11-10-22-7-2-3-8-23(22)16-24)18-26(27)28(32-29)34-15-4-6-21(17-34)12-13-30/h2-3,7-8,10-11,16,21,25H,4-6,9,12,14-15,17-20H2,1H3/t21-,25-/m0/s1. The second-order valence-corrected chi connectivity index (χ2v) is 10.5. The Balaban J connectivity index is 1.30. The van der Waals surface area contributed by atoms with Gasteiger partial charge in [-0.1, -0.05) is 30.3 Å². The molecule has 2 fully saturated rings. The molecule has 1 aromatic heterocycles. The van der Waals surface area contributed by atoms with Crippen LogP contribution in [0.4, 0.5) is 11.5 Å². The van der Waals surface area contributed by atoms with Gasteiger partial charge in [0.2, 0.25) is 0 Å². The van der Waals surface area contributed by atoms with Crippen molar-refractivity contribution in [3.63, 3.8) is 0 Å². The topological polar surface area (TPSA) is 68.5 Å². The van der Waals surface area contributed by atoms with Gasteiger partial charge >= 0.3 is 6.01 Å². The van der Waals surface area contributed by atoms with Crippen LogP contribution in [-0.4, -0.2) is 54.2 Å². The normalized spacial score (nSPS) is 22.1. The molecule has 0 unspecified atom stereocenters. The molecular formula is C29H34N6O. The minimum Gasteiger partial charge on any atom is -0.462 e. The van der Waals surface area contributed by atoms with Crippen molar-refractivity contribution in [2.75, 3.05) is 43.1 Å². The first-order valence-corrected chi connectivity index (χ1v) is 13.3. The molecule has 0 aliphatic carbocycles. The molecule has 2 aromatic carbocycles. The first-order chi connectivity index (χ1) is 17.7. The van der Waals surface area contributed by atoms with E-state index in [1.165, 1.54) is 28.4 Å². The molecule has 0 N–H and O–H groups in total. The number of ether oxygens (including phenoxy) is 1. The van der Waals surface area contributed by atoms with Gasteiger partial charge in [-0.15, -0.1) is 0 Å². The Morgan fingerprint density at radius 2 is 1.86 bits per heavy atom. The van der Waals surface area contributed by atoms with E-state index in [0.29, 0.717) is 31.0 Å². The quantitative estimate of drug-likeness (QED) is 0.502. The Hall–Kier alpha value is -3.37. The number of hydrogen-bond donors (Lipinski definition) is 0. The molecule has 7 heteroatoms. The van der Waals surface area contributed by atoms with Crippen LogP contribution in [0.2, 0.25) is 0 Å². The fraction of sp³-hybridized carbons (Fsp3) is 0.483. The van der Waals surface area contributed by atoms with Crippen LogP contribution >= 0.6 is 0 Å². The zero-order valence-corrected chi connectivity index (χ0v) is 21.1. The fourth-order valence-corrected chi connectivity index (χ4v) is 6.01. The lowest BCUT2D eigenvalue weighted by Crippen LogP contribution is -2.37. The highest BCUT2D eigenvalue weighted by atomic mass is 16.5. The zero-order chi connectivity index (χ0) is 24.5. The summed E-state index contributed by atoms with van der Waals surface area (Å²) in [4.78, 5) is 17.0. The number of fused-ring (bicyclic) bond motifs is 2. The highest BCUT2D eigenvalue weighted by Crippen LogP contribution is 2.36. The van der Waals surface area contributed by atoms with Crippen LogP contribution in [0.25, 0.3) is 10.8 Å². The molecule has 2 saturated heterocycles. The molecule has 0 spiro atoms. The molecule has 0 radical (unpaired) electrons. The summed E-state index contributed by atoms with van der Waals surface area (Å²) in [7, 11) is 2.17. The summed E-state index contributed by atoms with van der Waals surface area (Å²) in [6.07, 6.45) is 5.17. The van der Waals surface area contributed by atoms with E-state index < -0.39 is 0 Å². The third kappa shape index (κ3) is 4.58. The number of nitriles is 1. The average molecular weight is 483 g/mol. The molecule has 0 saturated carbocycles. The van der Waals surface area contributed by atoms with Crippen molar-refractivity contribution in [3.8, 4) is 12.1 Å². The third-order valence-corrected chi connectivity index (χ3v) is 8.11. The molecule has 3 aliphatic rings. The van der Waals surface area contributed by atoms with E-state index in [1.54, 1.807) is 0 Å². The molecule has 4 heterocycles. The third-order valence-electron chi connectivity index (χ3n) is 8.11. The number of nitrogens with zero attached hydrogens (tertiary/aromatic N) is 6. The number of rotatable bonds is 6. The predicted molar refractivity (Wildman–Crippen MR) is 142 cm³/mol. The monoisotopic (exact) mass is 482 g/mol. The van der Waals surface area contributed by atoms with Gasteiger partial charge in [0.25, 0.3) is 0 Å². The number of hydrogen-bond acceptors (Lipinski definition) is 7. The Morgan fingerprint density at radius 1 is 1.00 bits per heavy atom. The van der Waals surface area contributed by atoms with Crippen molar-refractivity contribution in [1.29, 1.82) is 5.26 Å². The van der Waals surface area contributed by atoms with Crippen LogP contribution in [0.3, 0.4) is 0 Å². The van der Waals surface area contributed by atoms with Gasteiger partial charge in [0.15, 0.2) is 0 Å². The SMILES string of the molecule is CN1CCC[C@H]1COc1nc2c(c(N3CCC[C@@H](CC#N)C3)n1)CN(c1ccc3ccccc3c1)C2. The van der Waals surface area contributed by atoms with Crippen LogP contribution in [-0.2, 0) is 13.1 Å². The summed E-state index contributed by atoms with van der Waals surface area (Å²) in [6.45, 7) is 5.12. The zero-order valence-electron chi connectivity index (χ0n) is 21.1. The van der Waals surface area contributed by atoms with Gasteiger partial charge in [-0.25, -0.2) is 0 Å². The van der Waals surface area contributed by atoms with Gasteiger partial charge in [-0.05, 0) is 68.1 Å². The lowest BCUT2D eigenvalue weighted by molar-refractivity contribution is 0.187. The van der Waals surface area contributed by atoms with E-state index in [9.17, 15) is 5.26 Å². The van der Waals surface area contributed by atoms with Crippen LogP contribution in [0.1, 0.15) is 43.4 Å². The molecular weight excluding hydrogens is 448 g/mol. The molecule has 7 nitrogen and oxygen atoms in total. The second kappa shape index (κ2) is 9.94. The smallest absolute Gasteiger partial charge is 0.318 e. The van der Waals surface area contributed by atoms with Gasteiger partial charge in [0, 0.05) is 43.3 Å². The molecule has 3 aliphatic heterocycles. The average Bonchev–Trinajstić information content (AvgIpc) is 3.53. The maximum absolute atomic E-state index is 9.28. The van der Waals surface area contributed by atoms with Gasteiger partial charge in [0.05, 0.1) is 18.3 Å². The number of anilines is 2. The van der Waals surface area contributed by atoms with Crippen molar-refractivity contribution in [2.24, 2.45) is 5.92 Å². The Bertz CT molecular complexity index is 1290. The fourth-order valence-electron chi connectivity index (χ4n) is 6.01. The van der Waals surface area contributed by atoms with E-state index in [0.717, 1.165) is 63.5 Å². The molecule has 6 rings (SSSR count). The predicted octanol–water partition coefficient (Wildman–Crippen LogP) is 4.75. The summed E-state index contributed by atoms with van der Waals surface area (Å²) in [5, 5.41) is 11.8. The summed E-state index contributed by atoms with van der Waals surface area (Å²) in [6, 6.07) is 18.5. The number of likely N-dealkylation sites (N-methyl/N-ethyl adjacent to an activating group) is 1. The first-order valence-electron chi connectivity index (χ1n) is 13.3. The lowest BCUT2D eigenvalue weighted by Gasteiger charge is -2.33. The van der Waals surface area contributed by atoms with E-state index in [1.807, 2.05) is 0 Å². The number of benzene rings is 2. The van der Waals surface area contributed by atoms with Gasteiger partial charge in [0.1, 0.15) is 12.4 Å². The van der Waals surface area contributed by atoms with Crippen LogP contribution in [0.15, 0.2) is 42.5 Å². The van der Waals surface area contributed by atoms with Crippen molar-refractivity contribution < 1.29 is 4.74 Å². The van der Waals surface area contributed by atoms with E-state index >= 15 is 0 Å². The van der Waals surface area contributed by atoms with E-state index in [2.05, 4.69) is 70.3 Å². The van der Waals surface area contributed by atoms with Gasteiger partial charge < -0.3 is 19.4 Å². The van der Waals surface area contributed by atoms with Crippen LogP contribution in [0.5, 0.6) is 6.01 Å². The number of aromatic nitrogens is 2. The largest absolute Gasteiger partial charge is 0.462 e. The Morgan fingerprint density at radius 3 is 2.69 bits per heavy atom. The summed E-state index contributed by atoms with van der Waals surface area (Å²) in [5.74, 6) is 1.39. The maximum atomic E-state index is 9.28. The maximum Gasteiger partial charge on any atom is 0.318 e. The molecule has 186 valence electrons. The van der Waals surface area contributed by atoms with Crippen molar-refractivity contribution in [1.82, 2.24) is 14.9 Å². The van der Waals surface area contributed by atoms with Gasteiger partial charge in [-0.2, -0.15) is 15.2 Å². The van der Waals surface area contributed by atoms with Gasteiger partial charge in [-0.3, -0.25) is 0 Å². The molecule has 36 heavy (non-hydrogen) atoms. The van der Waals surface area contributed by atoms with Crippen molar-refractivity contribution >= 4 is 22.3 Å². The van der Waals surface area contributed by atoms with Crippen molar-refractivity contribution in [2.45, 2.75) is 51.2 Å². The Kier molecular flexibility index (Phi) is 6.37. The number of piperidine rings is 1. The highest BCUT2D eigenvalue weighted by molar-refractivity contribution is 5.86. The second-order valence-electron chi connectivity index (χ2n) is 10.5. The van der Waals surface area contributed by atoms with Crippen molar-refractivity contribution in [3.05, 3.63) is 53.7 Å². The summed E-state index contributed by atoms with van der Waals surface area (Å²) in [5.41, 5.74) is 3.46. The summed E-state index contributed by atoms with van der Waals surface area (Å²) >= 11 is 0. The number of likely N-dealkylation sites (tertiary alicyclic amines) is 1. The highest BCUT2D eigenvalue weighted by Gasteiger charge is 2.31. The molecule has 0 bridgehead atoms. The van der Waals surface area contributed by atoms with E-state index in [-0.39, 0.29) is 0 Å². The minimum atomic E-state index is 0.392. The molecule has 3 aromatic rings. The minimum absolute atomic E-state index is 0.392. The molecule has 2 atom stereocenters. The molecule has 0 amide bonds. The lowest BCUT2D eigenvalue weighted by atomic mass is 9.95. The van der Waals surface area contributed by atoms with Crippen LogP contribution in [0, 0.1) is 17.2 Å². The Labute approximate surface area is 213 Å². The summed E-state index contributed by atoms with van der Waals surface area (Å²) < 4.78 is 6.23. The first kappa shape index (κ1) is 23.1. The van der Waals surface area contributed by atoms with Crippen LogP contribution < -0.4 is 14.5 Å². The van der Waals surface area contributed by atoms with E-state index in [4.69, 9.17) is 14.7 Å².